The monoisotopic (exact) mass is 334 g/mol. The highest BCUT2D eigenvalue weighted by atomic mass is 19.1. The van der Waals surface area contributed by atoms with Crippen LogP contribution in [0.5, 0.6) is 0 Å². The lowest BCUT2D eigenvalue weighted by Gasteiger charge is -2.36. The zero-order valence-electron chi connectivity index (χ0n) is 14.3. The lowest BCUT2D eigenvalue weighted by atomic mass is 9.93. The van der Waals surface area contributed by atoms with E-state index in [-0.39, 0.29) is 0 Å². The molecule has 0 radical (unpaired) electrons. The summed E-state index contributed by atoms with van der Waals surface area (Å²) in [5, 5.41) is 12.3. The third-order valence-electron chi connectivity index (χ3n) is 5.49. The first-order valence-electron chi connectivity index (χ1n) is 8.96. The Kier molecular flexibility index (Phi) is 5.21. The summed E-state index contributed by atoms with van der Waals surface area (Å²) < 4.78 is 14.9. The van der Waals surface area contributed by atoms with Crippen molar-refractivity contribution in [2.75, 3.05) is 19.6 Å². The molecular weight excluding hydrogens is 307 g/mol. The van der Waals surface area contributed by atoms with E-state index < -0.39 is 11.6 Å². The smallest absolute Gasteiger partial charge is 0.335 e. The maximum atomic E-state index is 14.9. The number of hydrogen-bond acceptors (Lipinski definition) is 3. The molecule has 5 heteroatoms. The molecule has 1 aliphatic carbocycles. The first-order chi connectivity index (χ1) is 11.5. The van der Waals surface area contributed by atoms with Gasteiger partial charge in [0.15, 0.2) is 0 Å². The second kappa shape index (κ2) is 7.19. The number of likely N-dealkylation sites (tertiary alicyclic amines) is 1. The Morgan fingerprint density at radius 1 is 1.33 bits per heavy atom. The first kappa shape index (κ1) is 17.4. The zero-order valence-corrected chi connectivity index (χ0v) is 14.3. The average Bonchev–Trinajstić information content (AvgIpc) is 3.35. The fourth-order valence-corrected chi connectivity index (χ4v) is 3.56. The predicted molar refractivity (Wildman–Crippen MR) is 91.9 cm³/mol. The molecule has 0 spiro atoms. The van der Waals surface area contributed by atoms with E-state index >= 15 is 0 Å². The minimum Gasteiger partial charge on any atom is -0.478 e. The van der Waals surface area contributed by atoms with Gasteiger partial charge in [-0.3, -0.25) is 4.90 Å². The molecule has 0 bridgehead atoms. The number of carbonyl (C=O) groups is 1. The highest BCUT2D eigenvalue weighted by molar-refractivity contribution is 5.87. The quantitative estimate of drug-likeness (QED) is 0.805. The van der Waals surface area contributed by atoms with Gasteiger partial charge >= 0.3 is 5.97 Å². The number of hydrogen-bond donors (Lipinski definition) is 2. The molecule has 1 saturated heterocycles. The van der Waals surface area contributed by atoms with Crippen LogP contribution in [-0.4, -0.2) is 47.3 Å². The Hall–Kier alpha value is -1.46. The number of halogens is 1. The van der Waals surface area contributed by atoms with Crippen LogP contribution >= 0.6 is 0 Å². The van der Waals surface area contributed by atoms with Crippen molar-refractivity contribution in [3.05, 3.63) is 35.4 Å². The van der Waals surface area contributed by atoms with Crippen LogP contribution < -0.4 is 5.32 Å². The Balaban J connectivity index is 1.43. The molecule has 4 nitrogen and oxygen atoms in total. The standard InChI is InChI=1S/C19H27FN2O2/c1-2-15-11-17(15)21-13-19(20)7-9-22(10-8-19)12-14-3-5-16(6-4-14)18(23)24/h3-6,15,17,21H,2,7-13H2,1H3,(H,23,24)/t15-,17-/m1/s1. The molecular formula is C19H27FN2O2. The van der Waals surface area contributed by atoms with Crippen LogP contribution in [0.3, 0.4) is 0 Å². The molecule has 2 aliphatic rings. The van der Waals surface area contributed by atoms with E-state index in [1.54, 1.807) is 12.1 Å². The molecule has 0 amide bonds. The summed E-state index contributed by atoms with van der Waals surface area (Å²) in [4.78, 5) is 13.1. The SMILES string of the molecule is CC[C@@H]1C[C@H]1NCC1(F)CCN(Cc2ccc(C(=O)O)cc2)CC1. The Labute approximate surface area is 143 Å². The number of piperidine rings is 1. The van der Waals surface area contributed by atoms with Gasteiger partial charge in [0.25, 0.3) is 0 Å². The van der Waals surface area contributed by atoms with Crippen LogP contribution in [0.4, 0.5) is 4.39 Å². The van der Waals surface area contributed by atoms with Gasteiger partial charge in [0, 0.05) is 32.2 Å². The summed E-state index contributed by atoms with van der Waals surface area (Å²) in [6, 6.07) is 7.49. The van der Waals surface area contributed by atoms with Crippen molar-refractivity contribution < 1.29 is 14.3 Å². The summed E-state index contributed by atoms with van der Waals surface area (Å²) in [6.07, 6.45) is 3.52. The largest absolute Gasteiger partial charge is 0.478 e. The molecule has 2 atom stereocenters. The third-order valence-corrected chi connectivity index (χ3v) is 5.49. The molecule has 1 saturated carbocycles. The van der Waals surface area contributed by atoms with Crippen molar-refractivity contribution in [2.45, 2.75) is 50.9 Å². The van der Waals surface area contributed by atoms with E-state index in [2.05, 4.69) is 17.1 Å². The number of benzene rings is 1. The normalized spacial score (nSPS) is 26.2. The van der Waals surface area contributed by atoms with Crippen molar-refractivity contribution in [2.24, 2.45) is 5.92 Å². The van der Waals surface area contributed by atoms with Gasteiger partial charge in [-0.2, -0.15) is 0 Å². The fraction of sp³-hybridized carbons (Fsp3) is 0.632. The van der Waals surface area contributed by atoms with Crippen LogP contribution in [0.15, 0.2) is 24.3 Å². The van der Waals surface area contributed by atoms with E-state index in [4.69, 9.17) is 5.11 Å². The number of nitrogens with zero attached hydrogens (tertiary/aromatic N) is 1. The van der Waals surface area contributed by atoms with Gasteiger partial charge in [0.1, 0.15) is 5.67 Å². The number of alkyl halides is 1. The minimum absolute atomic E-state index is 0.303. The molecule has 1 aromatic carbocycles. The molecule has 2 fully saturated rings. The van der Waals surface area contributed by atoms with Crippen molar-refractivity contribution in [3.8, 4) is 0 Å². The summed E-state index contributed by atoms with van der Waals surface area (Å²) in [6.45, 7) is 4.93. The highest BCUT2D eigenvalue weighted by Gasteiger charge is 2.39. The van der Waals surface area contributed by atoms with Gasteiger partial charge in [-0.05, 0) is 42.9 Å². The Bertz CT molecular complexity index is 567. The summed E-state index contributed by atoms with van der Waals surface area (Å²) in [5.41, 5.74) is 0.301. The third kappa shape index (κ3) is 4.33. The second-order valence-corrected chi connectivity index (χ2v) is 7.32. The van der Waals surface area contributed by atoms with E-state index in [0.717, 1.165) is 31.1 Å². The lowest BCUT2D eigenvalue weighted by molar-refractivity contribution is 0.0542. The van der Waals surface area contributed by atoms with Crippen LogP contribution in [-0.2, 0) is 6.54 Å². The van der Waals surface area contributed by atoms with Crippen LogP contribution in [0.25, 0.3) is 0 Å². The van der Waals surface area contributed by atoms with Gasteiger partial charge in [0.2, 0.25) is 0 Å². The molecule has 1 heterocycles. The van der Waals surface area contributed by atoms with Crippen LogP contribution in [0, 0.1) is 5.92 Å². The van der Waals surface area contributed by atoms with Crippen molar-refractivity contribution in [1.29, 1.82) is 0 Å². The Morgan fingerprint density at radius 3 is 2.54 bits per heavy atom. The molecule has 1 aliphatic heterocycles. The highest BCUT2D eigenvalue weighted by Crippen LogP contribution is 2.34. The molecule has 0 aromatic heterocycles. The number of rotatable bonds is 7. The number of carboxylic acids is 1. The van der Waals surface area contributed by atoms with E-state index in [0.29, 0.717) is 31.0 Å². The fourth-order valence-electron chi connectivity index (χ4n) is 3.56. The summed E-state index contributed by atoms with van der Waals surface area (Å²) in [7, 11) is 0. The first-order valence-corrected chi connectivity index (χ1v) is 8.96. The van der Waals surface area contributed by atoms with Crippen molar-refractivity contribution >= 4 is 5.97 Å². The van der Waals surface area contributed by atoms with Crippen molar-refractivity contribution in [3.63, 3.8) is 0 Å². The van der Waals surface area contributed by atoms with Gasteiger partial charge in [0.05, 0.1) is 5.56 Å². The molecule has 132 valence electrons. The summed E-state index contributed by atoms with van der Waals surface area (Å²) >= 11 is 0. The number of aromatic carboxylic acids is 1. The maximum Gasteiger partial charge on any atom is 0.335 e. The number of carboxylic acid groups (broad SMARTS) is 1. The molecule has 24 heavy (non-hydrogen) atoms. The van der Waals surface area contributed by atoms with E-state index in [1.165, 1.54) is 12.8 Å². The molecule has 1 aromatic rings. The predicted octanol–water partition coefficient (Wildman–Crippen LogP) is 3.08. The molecule has 3 rings (SSSR count). The summed E-state index contributed by atoms with van der Waals surface area (Å²) in [5.74, 6) is -0.155. The second-order valence-electron chi connectivity index (χ2n) is 7.32. The van der Waals surface area contributed by atoms with E-state index in [9.17, 15) is 9.18 Å². The van der Waals surface area contributed by atoms with Gasteiger partial charge in [-0.25, -0.2) is 9.18 Å². The lowest BCUT2D eigenvalue weighted by Crippen LogP contribution is -2.47. The van der Waals surface area contributed by atoms with Crippen LogP contribution in [0.2, 0.25) is 0 Å². The van der Waals surface area contributed by atoms with E-state index in [1.807, 2.05) is 12.1 Å². The van der Waals surface area contributed by atoms with Gasteiger partial charge in [-0.15, -0.1) is 0 Å². The Morgan fingerprint density at radius 2 is 2.00 bits per heavy atom. The van der Waals surface area contributed by atoms with Gasteiger partial charge in [-0.1, -0.05) is 25.5 Å². The topological polar surface area (TPSA) is 52.6 Å². The number of nitrogens with one attached hydrogen (secondary N) is 1. The molecule has 0 unspecified atom stereocenters. The zero-order chi connectivity index (χ0) is 17.2. The average molecular weight is 334 g/mol. The van der Waals surface area contributed by atoms with Crippen LogP contribution in [0.1, 0.15) is 48.5 Å². The van der Waals surface area contributed by atoms with Crippen molar-refractivity contribution in [1.82, 2.24) is 10.2 Å². The van der Waals surface area contributed by atoms with Gasteiger partial charge < -0.3 is 10.4 Å². The molecule has 2 N–H and O–H groups in total. The minimum atomic E-state index is -1.08. The maximum absolute atomic E-state index is 14.9.